The highest BCUT2D eigenvalue weighted by Gasteiger charge is 2.08. The molecule has 0 aromatic heterocycles. The lowest BCUT2D eigenvalue weighted by Crippen LogP contribution is -1.79. The molecule has 140 valence electrons. The van der Waals surface area contributed by atoms with Crippen LogP contribution in [0, 0.1) is 0 Å². The van der Waals surface area contributed by atoms with Crippen molar-refractivity contribution in [3.8, 4) is 45.3 Å². The van der Waals surface area contributed by atoms with Crippen molar-refractivity contribution in [2.45, 2.75) is 0 Å². The molecule has 0 aliphatic heterocycles. The minimum atomic E-state index is -0.0913. The Labute approximate surface area is 163 Å². The fourth-order valence-electron chi connectivity index (χ4n) is 2.81. The summed E-state index contributed by atoms with van der Waals surface area (Å²) in [7, 11) is 0. The number of phenols is 4. The molecule has 0 atom stereocenters. The number of rotatable bonds is 2. The molecule has 0 fully saturated rings. The number of hydrogen-bond donors (Lipinski definition) is 4. The van der Waals surface area contributed by atoms with Gasteiger partial charge in [-0.05, 0) is 29.3 Å². The third-order valence-electron chi connectivity index (χ3n) is 4.18. The van der Waals surface area contributed by atoms with Gasteiger partial charge in [0, 0.05) is 5.56 Å². The zero-order valence-electron chi connectivity index (χ0n) is 15.0. The molecule has 4 aromatic carbocycles. The van der Waals surface area contributed by atoms with E-state index in [1.165, 1.54) is 6.07 Å². The molecule has 0 spiro atoms. The number of aromatic hydroxyl groups is 4. The van der Waals surface area contributed by atoms with Gasteiger partial charge in [-0.3, -0.25) is 0 Å². The van der Waals surface area contributed by atoms with E-state index in [0.717, 1.165) is 11.1 Å². The molecule has 0 saturated carbocycles. The van der Waals surface area contributed by atoms with Crippen LogP contribution in [0.4, 0.5) is 0 Å². The van der Waals surface area contributed by atoms with E-state index in [0.29, 0.717) is 11.1 Å². The second kappa shape index (κ2) is 8.64. The van der Waals surface area contributed by atoms with Crippen molar-refractivity contribution in [3.05, 3.63) is 97.1 Å². The molecule has 4 N–H and O–H groups in total. The summed E-state index contributed by atoms with van der Waals surface area (Å²) in [6.45, 7) is 0. The highest BCUT2D eigenvalue weighted by molar-refractivity contribution is 5.76. The summed E-state index contributed by atoms with van der Waals surface area (Å²) in [5, 5.41) is 38.1. The van der Waals surface area contributed by atoms with Crippen molar-refractivity contribution in [1.29, 1.82) is 0 Å². The van der Waals surface area contributed by atoms with Gasteiger partial charge in [0.05, 0.1) is 5.56 Å². The second-order valence-electron chi connectivity index (χ2n) is 6.08. The van der Waals surface area contributed by atoms with Gasteiger partial charge in [-0.15, -0.1) is 0 Å². The average molecular weight is 372 g/mol. The monoisotopic (exact) mass is 372 g/mol. The molecule has 0 unspecified atom stereocenters. The van der Waals surface area contributed by atoms with E-state index in [9.17, 15) is 20.4 Å². The SMILES string of the molecule is Oc1cccc(-c2ccccc2)c1O.Oc1cccc(O)c1-c1ccccc1. The van der Waals surface area contributed by atoms with Gasteiger partial charge in [-0.1, -0.05) is 78.9 Å². The zero-order valence-corrected chi connectivity index (χ0v) is 15.0. The Kier molecular flexibility index (Phi) is 5.82. The Bertz CT molecular complexity index is 1020. The Hall–Kier alpha value is -3.92. The van der Waals surface area contributed by atoms with E-state index >= 15 is 0 Å². The molecule has 4 heteroatoms. The van der Waals surface area contributed by atoms with Crippen LogP contribution >= 0.6 is 0 Å². The molecule has 4 nitrogen and oxygen atoms in total. The predicted octanol–water partition coefficient (Wildman–Crippen LogP) is 5.53. The lowest BCUT2D eigenvalue weighted by Gasteiger charge is -2.06. The van der Waals surface area contributed by atoms with Crippen LogP contribution in [-0.4, -0.2) is 20.4 Å². The van der Waals surface area contributed by atoms with Crippen molar-refractivity contribution in [2.75, 3.05) is 0 Å². The third-order valence-corrected chi connectivity index (χ3v) is 4.18. The van der Waals surface area contributed by atoms with Gasteiger partial charge in [0.15, 0.2) is 11.5 Å². The van der Waals surface area contributed by atoms with E-state index in [2.05, 4.69) is 0 Å². The van der Waals surface area contributed by atoms with E-state index in [1.54, 1.807) is 30.3 Å². The Morgan fingerprint density at radius 3 is 1.43 bits per heavy atom. The fourth-order valence-corrected chi connectivity index (χ4v) is 2.81. The Balaban J connectivity index is 0.000000161. The van der Waals surface area contributed by atoms with Crippen molar-refractivity contribution in [2.24, 2.45) is 0 Å². The van der Waals surface area contributed by atoms with Gasteiger partial charge in [-0.25, -0.2) is 0 Å². The Morgan fingerprint density at radius 2 is 0.857 bits per heavy atom. The largest absolute Gasteiger partial charge is 0.507 e. The third kappa shape index (κ3) is 4.24. The molecule has 0 bridgehead atoms. The summed E-state index contributed by atoms with van der Waals surface area (Å²) in [5.74, 6) is 0.0254. The van der Waals surface area contributed by atoms with Gasteiger partial charge in [0.2, 0.25) is 0 Å². The smallest absolute Gasteiger partial charge is 0.165 e. The zero-order chi connectivity index (χ0) is 19.9. The van der Waals surface area contributed by atoms with Crippen LogP contribution in [0.3, 0.4) is 0 Å². The molecular weight excluding hydrogens is 352 g/mol. The van der Waals surface area contributed by atoms with Crippen LogP contribution in [-0.2, 0) is 0 Å². The summed E-state index contributed by atoms with van der Waals surface area (Å²) in [6.07, 6.45) is 0. The molecule has 4 aromatic rings. The molecule has 0 aliphatic rings. The lowest BCUT2D eigenvalue weighted by molar-refractivity contribution is 0.405. The van der Waals surface area contributed by atoms with Gasteiger partial charge in [-0.2, -0.15) is 0 Å². The number of benzene rings is 4. The van der Waals surface area contributed by atoms with Gasteiger partial charge >= 0.3 is 0 Å². The lowest BCUT2D eigenvalue weighted by atomic mass is 10.0. The molecule has 0 amide bonds. The van der Waals surface area contributed by atoms with Crippen molar-refractivity contribution in [3.63, 3.8) is 0 Å². The van der Waals surface area contributed by atoms with Crippen molar-refractivity contribution >= 4 is 0 Å². The first-order valence-electron chi connectivity index (χ1n) is 8.70. The minimum absolute atomic E-state index is 0.0706. The predicted molar refractivity (Wildman–Crippen MR) is 110 cm³/mol. The van der Waals surface area contributed by atoms with Crippen molar-refractivity contribution in [1.82, 2.24) is 0 Å². The van der Waals surface area contributed by atoms with Crippen LogP contribution in [0.1, 0.15) is 0 Å². The van der Waals surface area contributed by atoms with E-state index in [1.807, 2.05) is 60.7 Å². The summed E-state index contributed by atoms with van der Waals surface area (Å²) < 4.78 is 0. The maximum absolute atomic E-state index is 9.60. The highest BCUT2D eigenvalue weighted by Crippen LogP contribution is 2.36. The van der Waals surface area contributed by atoms with Crippen molar-refractivity contribution < 1.29 is 20.4 Å². The van der Waals surface area contributed by atoms with E-state index in [-0.39, 0.29) is 23.0 Å². The highest BCUT2D eigenvalue weighted by atomic mass is 16.3. The second-order valence-corrected chi connectivity index (χ2v) is 6.08. The van der Waals surface area contributed by atoms with E-state index < -0.39 is 0 Å². The summed E-state index contributed by atoms with van der Waals surface area (Å²) in [6, 6.07) is 28.4. The fraction of sp³-hybridized carbons (Fsp3) is 0. The minimum Gasteiger partial charge on any atom is -0.507 e. The Morgan fingerprint density at radius 1 is 0.393 bits per heavy atom. The van der Waals surface area contributed by atoms with Gasteiger partial charge in [0.1, 0.15) is 11.5 Å². The molecule has 28 heavy (non-hydrogen) atoms. The summed E-state index contributed by atoms with van der Waals surface area (Å²) in [5.41, 5.74) is 2.82. The van der Waals surface area contributed by atoms with Crippen LogP contribution < -0.4 is 0 Å². The number of phenolic OH excluding ortho intramolecular Hbond substituents is 4. The molecule has 0 saturated heterocycles. The quantitative estimate of drug-likeness (QED) is 0.349. The first-order chi connectivity index (χ1) is 13.6. The number of hydrogen-bond acceptors (Lipinski definition) is 4. The molecule has 0 radical (unpaired) electrons. The average Bonchev–Trinajstić information content (AvgIpc) is 2.72. The standard InChI is InChI=1S/2C12H10O2/c13-10-7-4-8-11(14)12(10)9-5-2-1-3-6-9;13-11-8-4-7-10(12(11)14)9-5-2-1-3-6-9/h2*1-8,13-14H. The topological polar surface area (TPSA) is 80.9 Å². The molecular formula is C24H20O4. The maximum atomic E-state index is 9.60. The molecule has 4 rings (SSSR count). The van der Waals surface area contributed by atoms with Gasteiger partial charge < -0.3 is 20.4 Å². The molecule has 0 aliphatic carbocycles. The normalized spacial score (nSPS) is 10.0. The van der Waals surface area contributed by atoms with Gasteiger partial charge in [0.25, 0.3) is 0 Å². The van der Waals surface area contributed by atoms with Crippen LogP contribution in [0.25, 0.3) is 22.3 Å². The first-order valence-corrected chi connectivity index (χ1v) is 8.70. The van der Waals surface area contributed by atoms with Crippen LogP contribution in [0.2, 0.25) is 0 Å². The van der Waals surface area contributed by atoms with E-state index in [4.69, 9.17) is 0 Å². The van der Waals surface area contributed by atoms with Crippen LogP contribution in [0.15, 0.2) is 97.1 Å². The summed E-state index contributed by atoms with van der Waals surface area (Å²) in [4.78, 5) is 0. The molecule has 0 heterocycles. The summed E-state index contributed by atoms with van der Waals surface area (Å²) >= 11 is 0. The number of para-hydroxylation sites is 1. The first kappa shape index (κ1) is 18.9. The maximum Gasteiger partial charge on any atom is 0.165 e. The van der Waals surface area contributed by atoms with Crippen LogP contribution in [0.5, 0.6) is 23.0 Å².